The molecule has 1 aromatic heterocycles. The molecule has 2 rings (SSSR count). The topological polar surface area (TPSA) is 101 Å². The Labute approximate surface area is 184 Å². The molecule has 0 radical (unpaired) electrons. The van der Waals surface area contributed by atoms with Gasteiger partial charge in [-0.15, -0.1) is 10.2 Å². The standard InChI is InChI=1S/C17H23ClN4O4S3/c1-6-12(15(23)19-16-20-21-17(28-16)27-10(2)3)22(29(5,24)25)13-9-11(18)7-8-14(13)26-4/h7-10,12H,6H2,1-5H3,(H,19,20,23)/t12-/m1/s1. The summed E-state index contributed by atoms with van der Waals surface area (Å²) in [5.74, 6) is -0.227. The molecule has 0 aliphatic carbocycles. The second kappa shape index (κ2) is 9.96. The second-order valence-corrected chi connectivity index (χ2v) is 11.4. The van der Waals surface area contributed by atoms with Gasteiger partial charge in [0.1, 0.15) is 11.8 Å². The zero-order valence-electron chi connectivity index (χ0n) is 16.7. The maximum atomic E-state index is 13.0. The van der Waals surface area contributed by atoms with Crippen molar-refractivity contribution >= 4 is 61.4 Å². The summed E-state index contributed by atoms with van der Waals surface area (Å²) >= 11 is 8.84. The first-order valence-corrected chi connectivity index (χ1v) is 12.6. The van der Waals surface area contributed by atoms with Crippen LogP contribution in [0.2, 0.25) is 5.02 Å². The Kier molecular flexibility index (Phi) is 8.15. The lowest BCUT2D eigenvalue weighted by atomic mass is 10.2. The fraction of sp³-hybridized carbons (Fsp3) is 0.471. The monoisotopic (exact) mass is 478 g/mol. The number of nitrogens with zero attached hydrogens (tertiary/aromatic N) is 3. The van der Waals surface area contributed by atoms with Crippen LogP contribution in [-0.4, -0.2) is 49.2 Å². The Hall–Kier alpha value is -1.56. The first-order valence-electron chi connectivity index (χ1n) is 8.70. The Morgan fingerprint density at radius 1 is 1.38 bits per heavy atom. The largest absolute Gasteiger partial charge is 0.495 e. The summed E-state index contributed by atoms with van der Waals surface area (Å²) in [6.07, 6.45) is 1.26. The molecule has 0 aliphatic heterocycles. The van der Waals surface area contributed by atoms with Crippen LogP contribution in [0.25, 0.3) is 0 Å². The number of benzene rings is 1. The third kappa shape index (κ3) is 6.21. The Morgan fingerprint density at radius 2 is 2.07 bits per heavy atom. The zero-order chi connectivity index (χ0) is 21.8. The molecule has 0 bridgehead atoms. The second-order valence-electron chi connectivity index (χ2n) is 6.33. The number of hydrogen-bond acceptors (Lipinski definition) is 8. The molecule has 0 spiro atoms. The van der Waals surface area contributed by atoms with Crippen LogP contribution in [0.3, 0.4) is 0 Å². The number of methoxy groups -OCH3 is 1. The number of amides is 1. The van der Waals surface area contributed by atoms with Crippen molar-refractivity contribution in [1.82, 2.24) is 10.2 Å². The van der Waals surface area contributed by atoms with Crippen LogP contribution in [0.15, 0.2) is 22.5 Å². The lowest BCUT2D eigenvalue weighted by Crippen LogP contribution is -2.47. The number of hydrogen-bond donors (Lipinski definition) is 1. The summed E-state index contributed by atoms with van der Waals surface area (Å²) in [5.41, 5.74) is 0.192. The van der Waals surface area contributed by atoms with Crippen LogP contribution >= 0.6 is 34.7 Å². The Balaban J connectivity index is 2.38. The first kappa shape index (κ1) is 23.7. The highest BCUT2D eigenvalue weighted by atomic mass is 35.5. The summed E-state index contributed by atoms with van der Waals surface area (Å²) in [6.45, 7) is 5.78. The minimum absolute atomic E-state index is 0.192. The van der Waals surface area contributed by atoms with Crippen molar-refractivity contribution in [3.8, 4) is 5.75 Å². The van der Waals surface area contributed by atoms with Crippen LogP contribution in [0.1, 0.15) is 27.2 Å². The molecule has 0 saturated carbocycles. The summed E-state index contributed by atoms with van der Waals surface area (Å²) in [4.78, 5) is 13.0. The molecular weight excluding hydrogens is 456 g/mol. The van der Waals surface area contributed by atoms with Crippen LogP contribution in [0, 0.1) is 0 Å². The predicted molar refractivity (Wildman–Crippen MR) is 119 cm³/mol. The van der Waals surface area contributed by atoms with Gasteiger partial charge in [0.05, 0.1) is 19.1 Å². The average Bonchev–Trinajstić information content (AvgIpc) is 3.04. The van der Waals surface area contributed by atoms with E-state index in [0.29, 0.717) is 15.4 Å². The highest BCUT2D eigenvalue weighted by Gasteiger charge is 2.34. The van der Waals surface area contributed by atoms with E-state index in [1.807, 2.05) is 13.8 Å². The van der Waals surface area contributed by atoms with Gasteiger partial charge in [0.2, 0.25) is 21.1 Å². The van der Waals surface area contributed by atoms with Crippen LogP contribution in [0.5, 0.6) is 5.75 Å². The van der Waals surface area contributed by atoms with Gasteiger partial charge >= 0.3 is 0 Å². The number of carbonyl (C=O) groups is 1. The number of nitrogens with one attached hydrogen (secondary N) is 1. The van der Waals surface area contributed by atoms with Crippen molar-refractivity contribution in [2.24, 2.45) is 0 Å². The fourth-order valence-corrected chi connectivity index (χ4v) is 5.92. The number of sulfonamides is 1. The molecule has 160 valence electrons. The normalized spacial score (nSPS) is 12.7. The molecule has 0 aliphatic rings. The summed E-state index contributed by atoms with van der Waals surface area (Å²) in [6, 6.07) is 3.57. The maximum absolute atomic E-state index is 13.0. The van der Waals surface area contributed by atoms with Gasteiger partial charge in [0.15, 0.2) is 4.34 Å². The van der Waals surface area contributed by atoms with E-state index in [1.165, 1.54) is 36.3 Å². The van der Waals surface area contributed by atoms with Gasteiger partial charge in [0, 0.05) is 10.3 Å². The minimum Gasteiger partial charge on any atom is -0.495 e. The highest BCUT2D eigenvalue weighted by Crippen LogP contribution is 2.35. The molecule has 0 saturated heterocycles. The molecule has 29 heavy (non-hydrogen) atoms. The van der Waals surface area contributed by atoms with E-state index in [0.717, 1.165) is 14.9 Å². The molecule has 8 nitrogen and oxygen atoms in total. The molecule has 0 unspecified atom stereocenters. The molecule has 0 fully saturated rings. The number of aromatic nitrogens is 2. The number of ether oxygens (including phenoxy) is 1. The Morgan fingerprint density at radius 3 is 2.62 bits per heavy atom. The van der Waals surface area contributed by atoms with Gasteiger partial charge < -0.3 is 4.74 Å². The number of carbonyl (C=O) groups excluding carboxylic acids is 1. The zero-order valence-corrected chi connectivity index (χ0v) is 19.9. The van der Waals surface area contributed by atoms with E-state index in [9.17, 15) is 13.2 Å². The van der Waals surface area contributed by atoms with Crippen molar-refractivity contribution in [2.45, 2.75) is 42.8 Å². The van der Waals surface area contributed by atoms with Gasteiger partial charge in [-0.3, -0.25) is 14.4 Å². The van der Waals surface area contributed by atoms with Gasteiger partial charge in [-0.2, -0.15) is 0 Å². The first-order chi connectivity index (χ1) is 13.6. The quantitative estimate of drug-likeness (QED) is 0.431. The smallest absolute Gasteiger partial charge is 0.250 e. The minimum atomic E-state index is -3.83. The van der Waals surface area contributed by atoms with E-state index in [-0.39, 0.29) is 17.9 Å². The van der Waals surface area contributed by atoms with Crippen molar-refractivity contribution in [2.75, 3.05) is 23.0 Å². The SMILES string of the molecule is CC[C@H](C(=O)Nc1nnc(SC(C)C)s1)N(c1cc(Cl)ccc1OC)S(C)(=O)=O. The molecular formula is C17H23ClN4O4S3. The van der Waals surface area contributed by atoms with Crippen molar-refractivity contribution < 1.29 is 17.9 Å². The van der Waals surface area contributed by atoms with E-state index in [1.54, 1.807) is 19.1 Å². The average molecular weight is 479 g/mol. The van der Waals surface area contributed by atoms with Gasteiger partial charge in [-0.1, -0.05) is 55.5 Å². The van der Waals surface area contributed by atoms with Crippen molar-refractivity contribution in [1.29, 1.82) is 0 Å². The predicted octanol–water partition coefficient (Wildman–Crippen LogP) is 3.88. The van der Waals surface area contributed by atoms with Gasteiger partial charge in [-0.05, 0) is 24.6 Å². The summed E-state index contributed by atoms with van der Waals surface area (Å²) in [5, 5.41) is 11.6. The van der Waals surface area contributed by atoms with Crippen molar-refractivity contribution in [3.63, 3.8) is 0 Å². The van der Waals surface area contributed by atoms with E-state index < -0.39 is 22.0 Å². The van der Waals surface area contributed by atoms with Crippen LogP contribution < -0.4 is 14.4 Å². The number of rotatable bonds is 9. The highest BCUT2D eigenvalue weighted by molar-refractivity contribution is 8.01. The number of thioether (sulfide) groups is 1. The summed E-state index contributed by atoms with van der Waals surface area (Å²) in [7, 11) is -2.41. The lowest BCUT2D eigenvalue weighted by Gasteiger charge is -2.30. The third-order valence-corrected chi connectivity index (χ3v) is 7.01. The van der Waals surface area contributed by atoms with E-state index >= 15 is 0 Å². The molecule has 1 amide bonds. The summed E-state index contributed by atoms with van der Waals surface area (Å²) < 4.78 is 32.3. The van der Waals surface area contributed by atoms with Gasteiger partial charge in [-0.25, -0.2) is 8.42 Å². The molecule has 1 N–H and O–H groups in total. The number of anilines is 2. The fourth-order valence-electron chi connectivity index (χ4n) is 2.57. The van der Waals surface area contributed by atoms with Gasteiger partial charge in [0.25, 0.3) is 0 Å². The molecule has 1 heterocycles. The van der Waals surface area contributed by atoms with Crippen LogP contribution in [-0.2, 0) is 14.8 Å². The van der Waals surface area contributed by atoms with Crippen LogP contribution in [0.4, 0.5) is 10.8 Å². The molecule has 2 aromatic rings. The van der Waals surface area contributed by atoms with E-state index in [4.69, 9.17) is 16.3 Å². The lowest BCUT2D eigenvalue weighted by molar-refractivity contribution is -0.117. The molecule has 1 aromatic carbocycles. The van der Waals surface area contributed by atoms with E-state index in [2.05, 4.69) is 15.5 Å². The van der Waals surface area contributed by atoms with Crippen molar-refractivity contribution in [3.05, 3.63) is 23.2 Å². The number of halogens is 1. The Bertz CT molecular complexity index is 965. The third-order valence-electron chi connectivity index (χ3n) is 3.68. The molecule has 12 heteroatoms. The molecule has 1 atom stereocenters. The maximum Gasteiger partial charge on any atom is 0.250 e.